The van der Waals surface area contributed by atoms with Crippen molar-refractivity contribution in [3.8, 4) is 0 Å². The van der Waals surface area contributed by atoms with E-state index in [1.165, 1.54) is 16.9 Å². The second-order valence-corrected chi connectivity index (χ2v) is 7.92. The number of fused-ring (bicyclic) bond motifs is 1. The van der Waals surface area contributed by atoms with E-state index in [2.05, 4.69) is 43.9 Å². The summed E-state index contributed by atoms with van der Waals surface area (Å²) < 4.78 is 0. The molecule has 8 heteroatoms. The Morgan fingerprint density at radius 2 is 1.93 bits per heavy atom. The van der Waals surface area contributed by atoms with E-state index in [9.17, 15) is 9.90 Å². The number of allylic oxidation sites excluding steroid dienone is 1. The molecule has 1 amide bonds. The molecule has 0 radical (unpaired) electrons. The Balaban J connectivity index is 1.23. The van der Waals surface area contributed by atoms with Gasteiger partial charge in [0.25, 0.3) is 5.91 Å². The first kappa shape index (κ1) is 19.4. The third-order valence-electron chi connectivity index (χ3n) is 4.70. The largest absolute Gasteiger partial charge is 0.378 e. The van der Waals surface area contributed by atoms with Crippen molar-refractivity contribution in [1.29, 1.82) is 0 Å². The molecule has 0 bridgehead atoms. The van der Waals surface area contributed by atoms with Crippen LogP contribution < -0.4 is 5.32 Å². The summed E-state index contributed by atoms with van der Waals surface area (Å²) in [6.45, 7) is 0. The monoisotopic (exact) mass is 407 g/mol. The van der Waals surface area contributed by atoms with Crippen LogP contribution in [0, 0.1) is 0 Å². The van der Waals surface area contributed by atoms with Crippen LogP contribution in [0.2, 0.25) is 0 Å². The van der Waals surface area contributed by atoms with Gasteiger partial charge in [-0.25, -0.2) is 0 Å². The molecule has 0 saturated carbocycles. The minimum Gasteiger partial charge on any atom is -0.378 e. The van der Waals surface area contributed by atoms with Gasteiger partial charge in [0.2, 0.25) is 5.13 Å². The van der Waals surface area contributed by atoms with Crippen molar-refractivity contribution in [2.24, 2.45) is 0 Å². The Morgan fingerprint density at radius 3 is 2.79 bits per heavy atom. The van der Waals surface area contributed by atoms with Crippen LogP contribution >= 0.6 is 11.3 Å². The number of aromatic nitrogens is 4. The van der Waals surface area contributed by atoms with E-state index in [4.69, 9.17) is 0 Å². The summed E-state index contributed by atoms with van der Waals surface area (Å²) in [6.07, 6.45) is 7.43. The lowest BCUT2D eigenvalue weighted by Gasteiger charge is -2.09. The van der Waals surface area contributed by atoms with Crippen molar-refractivity contribution in [3.63, 3.8) is 0 Å². The number of hydrogen-bond acceptors (Lipinski definition) is 7. The average molecular weight is 407 g/mol. The summed E-state index contributed by atoms with van der Waals surface area (Å²) in [7, 11) is 0. The molecule has 29 heavy (non-hydrogen) atoms. The van der Waals surface area contributed by atoms with Gasteiger partial charge in [0.15, 0.2) is 6.10 Å². The van der Waals surface area contributed by atoms with Crippen molar-refractivity contribution in [2.75, 3.05) is 5.32 Å². The number of hydrogen-bond donors (Lipinski definition) is 2. The van der Waals surface area contributed by atoms with Gasteiger partial charge in [0.1, 0.15) is 5.01 Å². The Labute approximate surface area is 172 Å². The molecule has 2 aromatic heterocycles. The third kappa shape index (κ3) is 4.90. The first-order valence-corrected chi connectivity index (χ1v) is 10.4. The van der Waals surface area contributed by atoms with Crippen LogP contribution in [-0.2, 0) is 24.1 Å². The van der Waals surface area contributed by atoms with Crippen molar-refractivity contribution < 1.29 is 9.90 Å². The number of aliphatic hydroxyl groups is 1. The van der Waals surface area contributed by atoms with Gasteiger partial charge < -0.3 is 5.11 Å². The molecule has 3 aromatic rings. The Morgan fingerprint density at radius 1 is 1.10 bits per heavy atom. The highest BCUT2D eigenvalue weighted by atomic mass is 32.1. The van der Waals surface area contributed by atoms with Crippen LogP contribution in [0.5, 0.6) is 0 Å². The molecular formula is C21H21N5O2S. The number of carbonyl (C=O) groups is 1. The molecule has 2 N–H and O–H groups in total. The summed E-state index contributed by atoms with van der Waals surface area (Å²) in [5.41, 5.74) is 3.78. The van der Waals surface area contributed by atoms with Crippen LogP contribution in [0.15, 0.2) is 42.5 Å². The van der Waals surface area contributed by atoms with Crippen LogP contribution in [0.25, 0.3) is 6.08 Å². The van der Waals surface area contributed by atoms with Gasteiger partial charge in [0.05, 0.1) is 11.4 Å². The smallest absolute Gasteiger partial charge is 0.259 e. The van der Waals surface area contributed by atoms with Gasteiger partial charge in [-0.2, -0.15) is 10.2 Å². The molecule has 7 nitrogen and oxygen atoms in total. The lowest BCUT2D eigenvalue weighted by Crippen LogP contribution is -2.20. The number of aryl methyl sites for hydroxylation is 2. The molecule has 0 aliphatic heterocycles. The first-order chi connectivity index (χ1) is 14.2. The number of anilines is 1. The lowest BCUT2D eigenvalue weighted by atomic mass is 10.1. The van der Waals surface area contributed by atoms with Gasteiger partial charge in [-0.3, -0.25) is 10.1 Å². The number of nitrogens with one attached hydrogen (secondary N) is 1. The molecule has 148 valence electrons. The van der Waals surface area contributed by atoms with E-state index in [1.54, 1.807) is 24.3 Å². The van der Waals surface area contributed by atoms with E-state index in [0.717, 1.165) is 48.5 Å². The van der Waals surface area contributed by atoms with Crippen LogP contribution in [0.1, 0.15) is 46.5 Å². The van der Waals surface area contributed by atoms with Crippen LogP contribution in [0.4, 0.5) is 5.13 Å². The van der Waals surface area contributed by atoms with Crippen molar-refractivity contribution in [1.82, 2.24) is 20.4 Å². The summed E-state index contributed by atoms with van der Waals surface area (Å²) in [4.78, 5) is 12.2. The fourth-order valence-corrected chi connectivity index (χ4v) is 3.93. The maximum atomic E-state index is 12.2. The van der Waals surface area contributed by atoms with Crippen molar-refractivity contribution in [3.05, 3.63) is 70.0 Å². The van der Waals surface area contributed by atoms with Crippen molar-refractivity contribution >= 4 is 28.5 Å². The SMILES string of the molecule is O=C(Nc1nnc(CCCCc2cc3c(nn2)CC=C3)s1)[C@@H](O)c1ccccc1. The molecule has 1 aromatic carbocycles. The molecule has 1 aliphatic carbocycles. The number of rotatable bonds is 8. The lowest BCUT2D eigenvalue weighted by molar-refractivity contribution is -0.124. The van der Waals surface area contributed by atoms with Gasteiger partial charge >= 0.3 is 0 Å². The Bertz CT molecular complexity index is 1020. The van der Waals surface area contributed by atoms with E-state index < -0.39 is 12.0 Å². The van der Waals surface area contributed by atoms with Gasteiger partial charge in [-0.1, -0.05) is 53.8 Å². The second-order valence-electron chi connectivity index (χ2n) is 6.85. The number of benzene rings is 1. The highest BCUT2D eigenvalue weighted by Gasteiger charge is 2.18. The zero-order valence-corrected chi connectivity index (χ0v) is 16.6. The minimum absolute atomic E-state index is 0.399. The topological polar surface area (TPSA) is 101 Å². The van der Waals surface area contributed by atoms with Gasteiger partial charge in [0, 0.05) is 12.8 Å². The Hall–Kier alpha value is -2.97. The zero-order valence-electron chi connectivity index (χ0n) is 15.8. The molecule has 1 aliphatic rings. The fourth-order valence-electron chi connectivity index (χ4n) is 3.14. The predicted octanol–water partition coefficient (Wildman–Crippen LogP) is 3.13. The molecule has 0 saturated heterocycles. The Kier molecular flexibility index (Phi) is 6.02. The standard InChI is InChI=1S/C21H21N5O2S/c27-19(14-7-2-1-3-8-14)20(28)22-21-26-25-18(29-21)12-5-4-10-16-13-15-9-6-11-17(15)24-23-16/h1-3,6-9,13,19,27H,4-5,10-12H2,(H,22,26,28)/t19-/m0/s1. The first-order valence-electron chi connectivity index (χ1n) is 9.57. The third-order valence-corrected chi connectivity index (χ3v) is 5.60. The van der Waals surface area contributed by atoms with E-state index >= 15 is 0 Å². The summed E-state index contributed by atoms with van der Waals surface area (Å²) >= 11 is 1.33. The number of amides is 1. The summed E-state index contributed by atoms with van der Waals surface area (Å²) in [5.74, 6) is -0.511. The molecule has 0 fully saturated rings. The number of aliphatic hydroxyl groups excluding tert-OH is 1. The maximum Gasteiger partial charge on any atom is 0.259 e. The summed E-state index contributed by atoms with van der Waals surface area (Å²) in [5, 5.41) is 30.7. The van der Waals surface area contributed by atoms with Crippen LogP contribution in [-0.4, -0.2) is 31.4 Å². The number of unbranched alkanes of at least 4 members (excludes halogenated alkanes) is 1. The molecule has 0 spiro atoms. The molecule has 2 heterocycles. The minimum atomic E-state index is -1.23. The number of nitrogens with zero attached hydrogens (tertiary/aromatic N) is 4. The number of carbonyl (C=O) groups excluding carboxylic acids is 1. The van der Waals surface area contributed by atoms with E-state index in [1.807, 2.05) is 6.07 Å². The van der Waals surface area contributed by atoms with E-state index in [-0.39, 0.29) is 0 Å². The molecular weight excluding hydrogens is 386 g/mol. The molecule has 0 unspecified atom stereocenters. The van der Waals surface area contributed by atoms with Gasteiger partial charge in [-0.15, -0.1) is 10.2 Å². The average Bonchev–Trinajstić information content (AvgIpc) is 3.40. The molecule has 1 atom stereocenters. The van der Waals surface area contributed by atoms with E-state index in [0.29, 0.717) is 10.7 Å². The maximum absolute atomic E-state index is 12.2. The highest BCUT2D eigenvalue weighted by Crippen LogP contribution is 2.21. The summed E-state index contributed by atoms with van der Waals surface area (Å²) in [6, 6.07) is 10.9. The van der Waals surface area contributed by atoms with Crippen molar-refractivity contribution in [2.45, 2.75) is 38.2 Å². The van der Waals surface area contributed by atoms with Crippen LogP contribution in [0.3, 0.4) is 0 Å². The fraction of sp³-hybridized carbons (Fsp3) is 0.286. The molecule has 4 rings (SSSR count). The predicted molar refractivity (Wildman–Crippen MR) is 111 cm³/mol. The second kappa shape index (κ2) is 9.02. The normalized spacial score (nSPS) is 13.3. The van der Waals surface area contributed by atoms with Gasteiger partial charge in [-0.05, 0) is 36.5 Å². The zero-order chi connectivity index (χ0) is 20.1. The quantitative estimate of drug-likeness (QED) is 0.557. The highest BCUT2D eigenvalue weighted by molar-refractivity contribution is 7.15.